The molecule has 0 radical (unpaired) electrons. The Morgan fingerprint density at radius 2 is 1.50 bits per heavy atom. The van der Waals surface area contributed by atoms with Crippen molar-refractivity contribution in [3.63, 3.8) is 0 Å². The molecule has 0 fully saturated rings. The topological polar surface area (TPSA) is 29.1 Å². The molecule has 0 aliphatic carbocycles. The summed E-state index contributed by atoms with van der Waals surface area (Å²) >= 11 is 1.61. The van der Waals surface area contributed by atoms with Gasteiger partial charge in [-0.1, -0.05) is 60.7 Å². The van der Waals surface area contributed by atoms with Crippen molar-refractivity contribution < 1.29 is 4.79 Å². The van der Waals surface area contributed by atoms with Crippen molar-refractivity contribution in [2.75, 3.05) is 0 Å². The van der Waals surface area contributed by atoms with Crippen molar-refractivity contribution in [2.45, 2.75) is 12.5 Å². The molecular weight excluding hydrogens is 290 g/mol. The highest BCUT2D eigenvalue weighted by Crippen LogP contribution is 2.22. The number of benzene rings is 2. The van der Waals surface area contributed by atoms with Crippen LogP contribution in [-0.2, 0) is 11.2 Å². The Morgan fingerprint density at radius 3 is 2.00 bits per heavy atom. The molecule has 0 aliphatic heterocycles. The number of hydrogen-bond acceptors (Lipinski definition) is 2. The third-order valence-corrected chi connectivity index (χ3v) is 4.25. The molecule has 110 valence electrons. The Bertz CT molecular complexity index is 668. The SMILES string of the molecule is O=C(Cc1ccsc1)NC(c1ccccc1)c1ccccc1. The number of rotatable bonds is 5. The maximum atomic E-state index is 12.4. The van der Waals surface area contributed by atoms with Gasteiger partial charge in [0.1, 0.15) is 0 Å². The molecule has 0 saturated carbocycles. The molecule has 0 saturated heterocycles. The second-order valence-corrected chi connectivity index (χ2v) is 5.91. The van der Waals surface area contributed by atoms with Crippen LogP contribution < -0.4 is 5.32 Å². The summed E-state index contributed by atoms with van der Waals surface area (Å²) in [4.78, 5) is 12.4. The van der Waals surface area contributed by atoms with Gasteiger partial charge in [0.05, 0.1) is 12.5 Å². The van der Waals surface area contributed by atoms with Crippen LogP contribution in [-0.4, -0.2) is 5.91 Å². The minimum atomic E-state index is -0.117. The summed E-state index contributed by atoms with van der Waals surface area (Å²) in [6.07, 6.45) is 0.416. The fourth-order valence-electron chi connectivity index (χ4n) is 2.44. The van der Waals surface area contributed by atoms with Gasteiger partial charge in [0.25, 0.3) is 0 Å². The molecule has 0 atom stereocenters. The molecule has 0 aliphatic rings. The summed E-state index contributed by atoms with van der Waals surface area (Å²) in [5, 5.41) is 7.16. The van der Waals surface area contributed by atoms with Crippen LogP contribution in [0.4, 0.5) is 0 Å². The summed E-state index contributed by atoms with van der Waals surface area (Å²) < 4.78 is 0. The predicted molar refractivity (Wildman–Crippen MR) is 90.9 cm³/mol. The average Bonchev–Trinajstić information content (AvgIpc) is 3.07. The molecule has 3 rings (SSSR count). The normalized spacial score (nSPS) is 10.6. The standard InChI is InChI=1S/C19H17NOS/c21-18(13-15-11-12-22-14-15)20-19(16-7-3-1-4-8-16)17-9-5-2-6-10-17/h1-12,14,19H,13H2,(H,20,21). The first-order valence-corrected chi connectivity index (χ1v) is 8.17. The Kier molecular flexibility index (Phi) is 4.66. The number of carbonyl (C=O) groups excluding carboxylic acids is 1. The van der Waals surface area contributed by atoms with E-state index in [0.29, 0.717) is 6.42 Å². The van der Waals surface area contributed by atoms with Gasteiger partial charge in [-0.15, -0.1) is 0 Å². The Hall–Kier alpha value is -2.39. The van der Waals surface area contributed by atoms with E-state index in [2.05, 4.69) is 5.32 Å². The number of thiophene rings is 1. The Labute approximate surface area is 134 Å². The second-order valence-electron chi connectivity index (χ2n) is 5.13. The molecule has 22 heavy (non-hydrogen) atoms. The fourth-order valence-corrected chi connectivity index (χ4v) is 3.11. The van der Waals surface area contributed by atoms with Crippen LogP contribution in [0.1, 0.15) is 22.7 Å². The number of carbonyl (C=O) groups is 1. The lowest BCUT2D eigenvalue weighted by atomic mass is 9.98. The van der Waals surface area contributed by atoms with Gasteiger partial charge in [-0.05, 0) is 33.5 Å². The maximum absolute atomic E-state index is 12.4. The third kappa shape index (κ3) is 3.62. The minimum Gasteiger partial charge on any atom is -0.345 e. The first-order chi connectivity index (χ1) is 10.8. The third-order valence-electron chi connectivity index (χ3n) is 3.52. The van der Waals surface area contributed by atoms with E-state index in [0.717, 1.165) is 16.7 Å². The second kappa shape index (κ2) is 7.05. The van der Waals surface area contributed by atoms with Gasteiger partial charge in [-0.2, -0.15) is 11.3 Å². The summed E-state index contributed by atoms with van der Waals surface area (Å²) in [5.74, 6) is 0.0381. The largest absolute Gasteiger partial charge is 0.345 e. The molecule has 2 aromatic carbocycles. The van der Waals surface area contributed by atoms with Crippen molar-refractivity contribution in [2.24, 2.45) is 0 Å². The quantitative estimate of drug-likeness (QED) is 0.752. The van der Waals surface area contributed by atoms with Crippen LogP contribution in [0.2, 0.25) is 0 Å². The summed E-state index contributed by atoms with van der Waals surface area (Å²) in [5.41, 5.74) is 3.24. The van der Waals surface area contributed by atoms with Crippen molar-refractivity contribution in [1.82, 2.24) is 5.32 Å². The van der Waals surface area contributed by atoms with E-state index in [1.54, 1.807) is 11.3 Å². The van der Waals surface area contributed by atoms with Crippen molar-refractivity contribution in [3.05, 3.63) is 94.2 Å². The van der Waals surface area contributed by atoms with Gasteiger partial charge in [-0.3, -0.25) is 4.79 Å². The van der Waals surface area contributed by atoms with E-state index >= 15 is 0 Å². The van der Waals surface area contributed by atoms with Crippen LogP contribution in [0.3, 0.4) is 0 Å². The van der Waals surface area contributed by atoms with Gasteiger partial charge >= 0.3 is 0 Å². The maximum Gasteiger partial charge on any atom is 0.225 e. The minimum absolute atomic E-state index is 0.0381. The smallest absolute Gasteiger partial charge is 0.225 e. The van der Waals surface area contributed by atoms with Crippen LogP contribution in [0, 0.1) is 0 Å². The van der Waals surface area contributed by atoms with Crippen LogP contribution >= 0.6 is 11.3 Å². The zero-order chi connectivity index (χ0) is 15.2. The molecular formula is C19H17NOS. The molecule has 3 aromatic rings. The van der Waals surface area contributed by atoms with E-state index in [-0.39, 0.29) is 11.9 Å². The number of hydrogen-bond donors (Lipinski definition) is 1. The van der Waals surface area contributed by atoms with Gasteiger partial charge in [0, 0.05) is 0 Å². The lowest BCUT2D eigenvalue weighted by molar-refractivity contribution is -0.120. The van der Waals surface area contributed by atoms with Gasteiger partial charge < -0.3 is 5.32 Å². The highest BCUT2D eigenvalue weighted by molar-refractivity contribution is 7.07. The van der Waals surface area contributed by atoms with Gasteiger partial charge in [0.15, 0.2) is 0 Å². The predicted octanol–water partition coefficient (Wildman–Crippen LogP) is 4.20. The lowest BCUT2D eigenvalue weighted by Crippen LogP contribution is -2.30. The zero-order valence-electron chi connectivity index (χ0n) is 12.1. The van der Waals surface area contributed by atoms with Crippen LogP contribution in [0.5, 0.6) is 0 Å². The van der Waals surface area contributed by atoms with E-state index in [1.165, 1.54) is 0 Å². The molecule has 0 spiro atoms. The van der Waals surface area contributed by atoms with E-state index in [1.807, 2.05) is 77.5 Å². The van der Waals surface area contributed by atoms with E-state index in [9.17, 15) is 4.79 Å². The summed E-state index contributed by atoms with van der Waals surface area (Å²) in [6.45, 7) is 0. The average molecular weight is 307 g/mol. The molecule has 1 N–H and O–H groups in total. The Balaban J connectivity index is 1.81. The zero-order valence-corrected chi connectivity index (χ0v) is 12.9. The first-order valence-electron chi connectivity index (χ1n) is 7.23. The Morgan fingerprint density at radius 1 is 0.909 bits per heavy atom. The molecule has 3 heteroatoms. The molecule has 2 nitrogen and oxygen atoms in total. The monoisotopic (exact) mass is 307 g/mol. The van der Waals surface area contributed by atoms with Crippen molar-refractivity contribution in [1.29, 1.82) is 0 Å². The van der Waals surface area contributed by atoms with Gasteiger partial charge in [-0.25, -0.2) is 0 Å². The summed E-state index contributed by atoms with van der Waals surface area (Å²) in [6, 6.07) is 22.0. The highest BCUT2D eigenvalue weighted by Gasteiger charge is 2.16. The molecule has 0 unspecified atom stereocenters. The highest BCUT2D eigenvalue weighted by atomic mass is 32.1. The first kappa shape index (κ1) is 14.5. The van der Waals surface area contributed by atoms with E-state index < -0.39 is 0 Å². The fraction of sp³-hybridized carbons (Fsp3) is 0.105. The van der Waals surface area contributed by atoms with Gasteiger partial charge in [0.2, 0.25) is 5.91 Å². The van der Waals surface area contributed by atoms with Crippen molar-refractivity contribution >= 4 is 17.2 Å². The summed E-state index contributed by atoms with van der Waals surface area (Å²) in [7, 11) is 0. The lowest BCUT2D eigenvalue weighted by Gasteiger charge is -2.19. The molecule has 1 aromatic heterocycles. The van der Waals surface area contributed by atoms with Crippen LogP contribution in [0.25, 0.3) is 0 Å². The van der Waals surface area contributed by atoms with Crippen LogP contribution in [0.15, 0.2) is 77.5 Å². The van der Waals surface area contributed by atoms with Crippen molar-refractivity contribution in [3.8, 4) is 0 Å². The molecule has 0 bridgehead atoms. The van der Waals surface area contributed by atoms with E-state index in [4.69, 9.17) is 0 Å². The molecule has 1 amide bonds. The number of amides is 1. The molecule has 1 heterocycles. The number of nitrogens with one attached hydrogen (secondary N) is 1.